The zero-order valence-corrected chi connectivity index (χ0v) is 39.2. The quantitative estimate of drug-likeness (QED) is 0.269. The zero-order chi connectivity index (χ0) is 46.8. The SMILES string of the molecule is CC1=CC(=O)C=C2CC[C@@H]3[C@H](CC[C@]4(C)C(=O)CC[C@@H]34)[C@@]12C.C[C@]12CCC(=O)C(O)=C1CC[C@@H]1[C@@H]2CC[C@]2(C)C(=O)CC[C@@H]12.N#Cc1ccc(C(c2ccc(C#N)cc2)n2cncn2)cc1. The van der Waals surface area contributed by atoms with Crippen molar-refractivity contribution in [1.82, 2.24) is 14.8 Å². The van der Waals surface area contributed by atoms with E-state index in [4.69, 9.17) is 10.5 Å². The Bertz CT molecular complexity index is 2570. The predicted octanol–water partition coefficient (Wildman–Crippen LogP) is 10.9. The third-order valence-corrected chi connectivity index (χ3v) is 19.0. The number of carbonyl (C=O) groups is 4. The Labute approximate surface area is 389 Å². The van der Waals surface area contributed by atoms with Crippen LogP contribution in [-0.2, 0) is 19.2 Å². The molecule has 10 heteroatoms. The van der Waals surface area contributed by atoms with E-state index in [0.29, 0.717) is 64.6 Å². The summed E-state index contributed by atoms with van der Waals surface area (Å²) in [5.41, 5.74) is 6.73. The molecule has 10 atom stereocenters. The van der Waals surface area contributed by atoms with Crippen molar-refractivity contribution in [2.24, 2.45) is 57.2 Å². The van der Waals surface area contributed by atoms with Gasteiger partial charge in [-0.1, -0.05) is 63.1 Å². The summed E-state index contributed by atoms with van der Waals surface area (Å²) in [6, 6.07) is 18.8. The summed E-state index contributed by atoms with van der Waals surface area (Å²) in [5.74, 6) is 4.66. The molecule has 1 heterocycles. The van der Waals surface area contributed by atoms with Crippen LogP contribution in [0, 0.1) is 79.8 Å². The van der Waals surface area contributed by atoms with Gasteiger partial charge in [0, 0.05) is 35.5 Å². The van der Waals surface area contributed by atoms with E-state index in [1.54, 1.807) is 35.3 Å². The molecule has 11 rings (SSSR count). The molecule has 0 bridgehead atoms. The van der Waals surface area contributed by atoms with Crippen LogP contribution in [0.4, 0.5) is 0 Å². The minimum absolute atomic E-state index is 0.0200. The molecule has 0 aliphatic heterocycles. The molecule has 2 aromatic carbocycles. The third-order valence-electron chi connectivity index (χ3n) is 19.0. The Kier molecular flexibility index (Phi) is 11.8. The number of nitrogens with zero attached hydrogens (tertiary/aromatic N) is 5. The fourth-order valence-corrected chi connectivity index (χ4v) is 15.1. The normalized spacial score (nSPS) is 35.2. The summed E-state index contributed by atoms with van der Waals surface area (Å²) in [4.78, 5) is 52.6. The van der Waals surface area contributed by atoms with E-state index < -0.39 is 0 Å². The maximum absolute atomic E-state index is 12.4. The van der Waals surface area contributed by atoms with Gasteiger partial charge in [-0.15, -0.1) is 0 Å². The molecule has 342 valence electrons. The average molecular weight is 886 g/mol. The van der Waals surface area contributed by atoms with Crippen molar-refractivity contribution < 1.29 is 24.3 Å². The fourth-order valence-electron chi connectivity index (χ4n) is 15.1. The highest BCUT2D eigenvalue weighted by Gasteiger charge is 2.61. The van der Waals surface area contributed by atoms with Crippen molar-refractivity contribution in [2.45, 2.75) is 131 Å². The second-order valence-corrected chi connectivity index (χ2v) is 21.7. The molecule has 0 unspecified atom stereocenters. The predicted molar refractivity (Wildman–Crippen MR) is 249 cm³/mol. The first-order valence-electron chi connectivity index (χ1n) is 24.4. The first kappa shape index (κ1) is 45.4. The molecule has 10 nitrogen and oxygen atoms in total. The van der Waals surface area contributed by atoms with Crippen LogP contribution in [0.2, 0.25) is 0 Å². The van der Waals surface area contributed by atoms with Crippen molar-refractivity contribution in [3.05, 3.63) is 118 Å². The van der Waals surface area contributed by atoms with Crippen LogP contribution in [0.25, 0.3) is 0 Å². The van der Waals surface area contributed by atoms with E-state index in [1.165, 1.54) is 23.9 Å². The summed E-state index contributed by atoms with van der Waals surface area (Å²) in [6.07, 6.45) is 20.3. The van der Waals surface area contributed by atoms with Gasteiger partial charge in [0.25, 0.3) is 0 Å². The number of carbonyl (C=O) groups excluding carboxylic acids is 4. The molecule has 8 aliphatic rings. The minimum atomic E-state index is -0.150. The number of hydrogen-bond acceptors (Lipinski definition) is 9. The van der Waals surface area contributed by atoms with Crippen LogP contribution in [0.1, 0.15) is 153 Å². The Hall–Kier alpha value is -5.74. The van der Waals surface area contributed by atoms with Gasteiger partial charge in [-0.2, -0.15) is 15.6 Å². The molecule has 1 aromatic heterocycles. The number of hydrogen-bond donors (Lipinski definition) is 1. The first-order chi connectivity index (χ1) is 31.6. The van der Waals surface area contributed by atoms with Crippen molar-refractivity contribution in [3.8, 4) is 12.1 Å². The van der Waals surface area contributed by atoms with Gasteiger partial charge in [-0.25, -0.2) is 9.67 Å². The highest BCUT2D eigenvalue weighted by Crippen LogP contribution is 2.66. The lowest BCUT2D eigenvalue weighted by Gasteiger charge is -2.57. The van der Waals surface area contributed by atoms with E-state index >= 15 is 0 Å². The van der Waals surface area contributed by atoms with Gasteiger partial charge in [-0.05, 0) is 172 Å². The van der Waals surface area contributed by atoms with E-state index in [2.05, 4.69) is 56.8 Å². The zero-order valence-electron chi connectivity index (χ0n) is 39.2. The number of fused-ring (bicyclic) bond motifs is 10. The third kappa shape index (κ3) is 7.35. The maximum atomic E-state index is 12.4. The van der Waals surface area contributed by atoms with Crippen molar-refractivity contribution in [2.75, 3.05) is 0 Å². The van der Waals surface area contributed by atoms with Gasteiger partial charge in [0.05, 0.1) is 23.3 Å². The number of Topliss-reactive ketones (excluding diaryl/α,β-unsaturated/α-hetero) is 3. The number of aliphatic hydroxyl groups excluding tert-OH is 1. The van der Waals surface area contributed by atoms with Crippen LogP contribution in [0.5, 0.6) is 0 Å². The Morgan fingerprint density at radius 3 is 1.73 bits per heavy atom. The summed E-state index contributed by atoms with van der Waals surface area (Å²) >= 11 is 0. The molecular formula is C56H63N5O5. The highest BCUT2D eigenvalue weighted by molar-refractivity contribution is 6.02. The van der Waals surface area contributed by atoms with Crippen LogP contribution in [0.15, 0.2) is 95.8 Å². The standard InChI is InChI=1S/C20H26O2.C19H26O3.C17H11N5/c1-12-10-14(21)11-13-4-5-15-16-6-7-18(22)19(16,2)9-8-17(15)20(12,13)3;1-18-10-8-15(20)17(22)14(18)4-3-11-12-5-6-16(21)19(12,2)9-7-13(11)18;18-9-13-1-5-15(6-2-13)17(22-12-20-11-21-22)16-7-3-14(10-19)4-8-16/h10-11,15-17H,4-9H2,1-3H3;11-13,22H,3-10H2,1-2H3;1-8,11-12,17H/t15-,16-,17-,19-,20-;11-,12-,13-,18+,19-;/m00./s1. The largest absolute Gasteiger partial charge is 0.504 e. The molecule has 8 aliphatic carbocycles. The average Bonchev–Trinajstić information content (AvgIpc) is 4.04. The molecule has 0 radical (unpaired) electrons. The second-order valence-electron chi connectivity index (χ2n) is 21.7. The molecule has 0 saturated heterocycles. The summed E-state index contributed by atoms with van der Waals surface area (Å²) < 4.78 is 1.75. The molecule has 0 spiro atoms. The molecule has 6 fully saturated rings. The Morgan fingerprint density at radius 1 is 0.652 bits per heavy atom. The van der Waals surface area contributed by atoms with Gasteiger partial charge < -0.3 is 5.11 Å². The van der Waals surface area contributed by atoms with E-state index in [-0.39, 0.29) is 45.0 Å². The van der Waals surface area contributed by atoms with Crippen LogP contribution in [0.3, 0.4) is 0 Å². The lowest BCUT2D eigenvalue weighted by atomic mass is 9.47. The van der Waals surface area contributed by atoms with E-state index in [0.717, 1.165) is 93.7 Å². The molecule has 3 aromatic rings. The Balaban J connectivity index is 0.000000124. The van der Waals surface area contributed by atoms with Crippen LogP contribution < -0.4 is 0 Å². The first-order valence-corrected chi connectivity index (χ1v) is 24.4. The van der Waals surface area contributed by atoms with Gasteiger partial charge in [0.1, 0.15) is 30.3 Å². The van der Waals surface area contributed by atoms with Crippen molar-refractivity contribution in [1.29, 1.82) is 10.5 Å². The minimum Gasteiger partial charge on any atom is -0.504 e. The van der Waals surface area contributed by atoms with Crippen molar-refractivity contribution >= 4 is 23.1 Å². The number of aromatic nitrogens is 3. The number of benzene rings is 2. The van der Waals surface area contributed by atoms with Gasteiger partial charge in [0.2, 0.25) is 0 Å². The number of rotatable bonds is 3. The van der Waals surface area contributed by atoms with Crippen molar-refractivity contribution in [3.63, 3.8) is 0 Å². The fraction of sp³-hybridized carbons (Fsp3) is 0.536. The number of nitriles is 2. The van der Waals surface area contributed by atoms with Gasteiger partial charge in [-0.3, -0.25) is 19.2 Å². The highest BCUT2D eigenvalue weighted by atomic mass is 16.3. The maximum Gasteiger partial charge on any atom is 0.197 e. The summed E-state index contributed by atoms with van der Waals surface area (Å²) in [5, 5.41) is 32.3. The van der Waals surface area contributed by atoms with E-state index in [9.17, 15) is 24.3 Å². The van der Waals surface area contributed by atoms with Crippen LogP contribution >= 0.6 is 0 Å². The number of aliphatic hydroxyl groups is 1. The molecular weight excluding hydrogens is 823 g/mol. The summed E-state index contributed by atoms with van der Waals surface area (Å²) in [7, 11) is 0. The van der Waals surface area contributed by atoms with Gasteiger partial charge in [0.15, 0.2) is 17.3 Å². The molecule has 6 saturated carbocycles. The topological polar surface area (TPSA) is 167 Å². The lowest BCUT2D eigenvalue weighted by Crippen LogP contribution is -2.51. The molecule has 0 amide bonds. The van der Waals surface area contributed by atoms with Crippen LogP contribution in [-0.4, -0.2) is 43.0 Å². The van der Waals surface area contributed by atoms with E-state index in [1.807, 2.05) is 36.4 Å². The Morgan fingerprint density at radius 2 is 1.18 bits per heavy atom. The number of allylic oxidation sites excluding steroid dienone is 5. The van der Waals surface area contributed by atoms with Gasteiger partial charge >= 0.3 is 0 Å². The molecule has 66 heavy (non-hydrogen) atoms. The monoisotopic (exact) mass is 885 g/mol. The molecule has 1 N–H and O–H groups in total. The lowest BCUT2D eigenvalue weighted by molar-refractivity contribution is -0.133. The summed E-state index contributed by atoms with van der Waals surface area (Å²) in [6.45, 7) is 11.2. The second kappa shape index (κ2) is 17.2. The smallest absolute Gasteiger partial charge is 0.197 e. The number of ketones is 4.